The number of carbonyl (C=O) groups excluding carboxylic acids is 1. The smallest absolute Gasteiger partial charge is 0.369 e. The van der Waals surface area contributed by atoms with Crippen molar-refractivity contribution in [2.75, 3.05) is 11.6 Å². The summed E-state index contributed by atoms with van der Waals surface area (Å²) in [5, 5.41) is 14.6. The summed E-state index contributed by atoms with van der Waals surface area (Å²) in [5.74, 6) is -0.662. The highest BCUT2D eigenvalue weighted by Gasteiger charge is 2.71. The molecule has 1 aliphatic heterocycles. The average Bonchev–Trinajstić information content (AvgIpc) is 3.09. The molecule has 3 rings (SSSR count). The first-order valence-corrected chi connectivity index (χ1v) is 10.8. The van der Waals surface area contributed by atoms with Crippen LogP contribution in [0.2, 0.25) is 0 Å². The normalized spacial score (nSPS) is 17.2. The van der Waals surface area contributed by atoms with Gasteiger partial charge in [0.25, 0.3) is 5.60 Å². The zero-order valence-electron chi connectivity index (χ0n) is 16.2. The van der Waals surface area contributed by atoms with Gasteiger partial charge in [-0.1, -0.05) is 18.2 Å². The van der Waals surface area contributed by atoms with Crippen molar-refractivity contribution >= 4 is 21.4 Å². The van der Waals surface area contributed by atoms with Crippen molar-refractivity contribution in [3.05, 3.63) is 59.2 Å². The molecule has 0 saturated carbocycles. The van der Waals surface area contributed by atoms with E-state index in [9.17, 15) is 44.7 Å². The molecule has 174 valence electrons. The van der Waals surface area contributed by atoms with Gasteiger partial charge in [0.05, 0.1) is 4.90 Å². The average molecular weight is 482 g/mol. The third-order valence-corrected chi connectivity index (χ3v) is 6.11. The maximum Gasteiger partial charge on any atom is 0.430 e. The topological polar surface area (TPSA) is 95.5 Å². The number of fused-ring (bicyclic) bond motifs is 1. The zero-order chi connectivity index (χ0) is 24.1. The van der Waals surface area contributed by atoms with Crippen molar-refractivity contribution in [1.29, 1.82) is 0 Å². The van der Waals surface area contributed by atoms with Crippen LogP contribution in [0.25, 0.3) is 0 Å². The molecule has 0 aliphatic carbocycles. The standard InChI is InChI=1S/C19H16F6N2O4S/c1-32(30,31)13-6-7-14-10(8-13)9-26-15(14)16(28)27-12-4-2-11(3-5-12)17(29,18(20,21)22)19(23,24)25/h2-8,15,26,29H,9H2,1H3,(H,27,28). The lowest BCUT2D eigenvalue weighted by atomic mass is 9.92. The Balaban J connectivity index is 1.81. The van der Waals surface area contributed by atoms with Crippen LogP contribution in [-0.2, 0) is 26.8 Å². The van der Waals surface area contributed by atoms with E-state index in [-0.39, 0.29) is 17.1 Å². The van der Waals surface area contributed by atoms with Crippen LogP contribution in [0, 0.1) is 0 Å². The number of hydrogen-bond acceptors (Lipinski definition) is 5. The maximum atomic E-state index is 13.0. The second-order valence-electron chi connectivity index (χ2n) is 7.22. The van der Waals surface area contributed by atoms with E-state index >= 15 is 0 Å². The number of carbonyl (C=O) groups is 1. The van der Waals surface area contributed by atoms with Crippen LogP contribution in [0.15, 0.2) is 47.4 Å². The van der Waals surface area contributed by atoms with Crippen LogP contribution in [-0.4, -0.2) is 38.0 Å². The molecule has 2 aromatic carbocycles. The fourth-order valence-corrected chi connectivity index (χ4v) is 3.97. The number of sulfone groups is 1. The van der Waals surface area contributed by atoms with Gasteiger partial charge in [0.1, 0.15) is 6.04 Å². The maximum absolute atomic E-state index is 13.0. The van der Waals surface area contributed by atoms with Gasteiger partial charge in [0.2, 0.25) is 5.91 Å². The molecule has 0 aromatic heterocycles. The summed E-state index contributed by atoms with van der Waals surface area (Å²) in [6, 6.07) is 5.72. The van der Waals surface area contributed by atoms with Gasteiger partial charge >= 0.3 is 12.4 Å². The first kappa shape index (κ1) is 24.0. The first-order valence-electron chi connectivity index (χ1n) is 8.89. The van der Waals surface area contributed by atoms with Gasteiger partial charge in [-0.3, -0.25) is 10.1 Å². The molecule has 1 atom stereocenters. The lowest BCUT2D eigenvalue weighted by molar-refractivity contribution is -0.376. The van der Waals surface area contributed by atoms with E-state index in [2.05, 4.69) is 10.6 Å². The zero-order valence-corrected chi connectivity index (χ0v) is 17.0. The first-order chi connectivity index (χ1) is 14.6. The number of rotatable bonds is 4. The van der Waals surface area contributed by atoms with Crippen molar-refractivity contribution in [1.82, 2.24) is 5.32 Å². The quantitative estimate of drug-likeness (QED) is 0.582. The van der Waals surface area contributed by atoms with Crippen LogP contribution in [0.3, 0.4) is 0 Å². The molecular weight excluding hydrogens is 466 g/mol. The lowest BCUT2D eigenvalue weighted by Gasteiger charge is -2.32. The van der Waals surface area contributed by atoms with Gasteiger partial charge < -0.3 is 10.4 Å². The van der Waals surface area contributed by atoms with Gasteiger partial charge in [-0.15, -0.1) is 0 Å². The van der Waals surface area contributed by atoms with E-state index in [0.717, 1.165) is 18.4 Å². The van der Waals surface area contributed by atoms with E-state index in [1.165, 1.54) is 18.2 Å². The van der Waals surface area contributed by atoms with E-state index in [1.54, 1.807) is 0 Å². The van der Waals surface area contributed by atoms with Gasteiger partial charge in [-0.25, -0.2) is 8.42 Å². The molecule has 32 heavy (non-hydrogen) atoms. The summed E-state index contributed by atoms with van der Waals surface area (Å²) in [6.07, 6.45) is -11.0. The highest BCUT2D eigenvalue weighted by atomic mass is 32.2. The van der Waals surface area contributed by atoms with E-state index in [0.29, 0.717) is 23.3 Å². The minimum absolute atomic E-state index is 0.0662. The molecule has 1 unspecified atom stereocenters. The monoisotopic (exact) mass is 482 g/mol. The molecule has 0 bridgehead atoms. The van der Waals surface area contributed by atoms with Crippen molar-refractivity contribution in [3.8, 4) is 0 Å². The highest BCUT2D eigenvalue weighted by Crippen LogP contribution is 2.50. The van der Waals surface area contributed by atoms with Crippen LogP contribution < -0.4 is 10.6 Å². The van der Waals surface area contributed by atoms with E-state index < -0.39 is 45.3 Å². The fraction of sp³-hybridized carbons (Fsp3) is 0.316. The van der Waals surface area contributed by atoms with Crippen LogP contribution >= 0.6 is 0 Å². The van der Waals surface area contributed by atoms with Crippen LogP contribution in [0.5, 0.6) is 0 Å². The van der Waals surface area contributed by atoms with Gasteiger partial charge in [0.15, 0.2) is 9.84 Å². The Labute approximate surface area is 178 Å². The number of anilines is 1. The number of hydrogen-bond donors (Lipinski definition) is 3. The minimum atomic E-state index is -6.02. The summed E-state index contributed by atoms with van der Waals surface area (Å²) in [5.41, 5.74) is -5.58. The molecule has 1 aliphatic rings. The molecule has 0 spiro atoms. The molecular formula is C19H16F6N2O4S. The largest absolute Gasteiger partial charge is 0.430 e. The van der Waals surface area contributed by atoms with Crippen molar-refractivity contribution in [2.24, 2.45) is 0 Å². The number of amides is 1. The van der Waals surface area contributed by atoms with Crippen molar-refractivity contribution in [2.45, 2.75) is 35.4 Å². The Hall–Kier alpha value is -2.64. The summed E-state index contributed by atoms with van der Waals surface area (Å²) < 4.78 is 101. The molecule has 1 heterocycles. The lowest BCUT2D eigenvalue weighted by Crippen LogP contribution is -2.53. The number of aliphatic hydroxyl groups is 1. The van der Waals surface area contributed by atoms with E-state index in [4.69, 9.17) is 0 Å². The summed E-state index contributed by atoms with van der Waals surface area (Å²) in [7, 11) is -3.46. The second kappa shape index (κ2) is 7.74. The SMILES string of the molecule is CS(=O)(=O)c1ccc2c(c1)CNC2C(=O)Nc1ccc(C(O)(C(F)(F)F)C(F)(F)F)cc1. The molecule has 3 N–H and O–H groups in total. The molecule has 0 radical (unpaired) electrons. The summed E-state index contributed by atoms with van der Waals surface area (Å²) >= 11 is 0. The van der Waals surface area contributed by atoms with Gasteiger partial charge in [0, 0.05) is 24.1 Å². The third-order valence-electron chi connectivity index (χ3n) is 5.00. The van der Waals surface area contributed by atoms with Gasteiger partial charge in [-0.2, -0.15) is 26.3 Å². The number of benzene rings is 2. The van der Waals surface area contributed by atoms with E-state index in [1.807, 2.05) is 0 Å². The second-order valence-corrected chi connectivity index (χ2v) is 9.23. The predicted molar refractivity (Wildman–Crippen MR) is 100 cm³/mol. The fourth-order valence-electron chi connectivity index (χ4n) is 3.30. The summed E-state index contributed by atoms with van der Waals surface area (Å²) in [4.78, 5) is 12.6. The number of nitrogens with one attached hydrogen (secondary N) is 2. The van der Waals surface area contributed by atoms with Crippen molar-refractivity contribution in [3.63, 3.8) is 0 Å². The molecule has 0 fully saturated rings. The third kappa shape index (κ3) is 4.19. The predicted octanol–water partition coefficient (Wildman–Crippen LogP) is 3.19. The highest BCUT2D eigenvalue weighted by molar-refractivity contribution is 7.90. The molecule has 13 heteroatoms. The Morgan fingerprint density at radius 1 is 1.03 bits per heavy atom. The number of alkyl halides is 6. The van der Waals surface area contributed by atoms with Crippen molar-refractivity contribution < 1.29 is 44.7 Å². The number of halogens is 6. The Morgan fingerprint density at radius 2 is 1.59 bits per heavy atom. The molecule has 6 nitrogen and oxygen atoms in total. The molecule has 2 aromatic rings. The van der Waals surface area contributed by atoms with Crippen LogP contribution in [0.4, 0.5) is 32.0 Å². The Morgan fingerprint density at radius 3 is 2.09 bits per heavy atom. The minimum Gasteiger partial charge on any atom is -0.369 e. The Kier molecular flexibility index (Phi) is 5.81. The van der Waals surface area contributed by atoms with Gasteiger partial charge in [-0.05, 0) is 35.4 Å². The summed E-state index contributed by atoms with van der Waals surface area (Å²) in [6.45, 7) is 0.180. The molecule has 1 amide bonds. The molecule has 0 saturated heterocycles. The Bertz CT molecular complexity index is 1130. The van der Waals surface area contributed by atoms with Crippen LogP contribution in [0.1, 0.15) is 22.7 Å².